The number of fused-ring (bicyclic) bond motifs is 5. The van der Waals surface area contributed by atoms with Crippen LogP contribution in [0.15, 0.2) is 9.32 Å². The van der Waals surface area contributed by atoms with Crippen LogP contribution in [0.5, 0.6) is 0 Å². The zero-order valence-electron chi connectivity index (χ0n) is 20.6. The third-order valence-electron chi connectivity index (χ3n) is 11.4. The van der Waals surface area contributed by atoms with Gasteiger partial charge in [0.2, 0.25) is 0 Å². The van der Waals surface area contributed by atoms with Crippen LogP contribution in [0.2, 0.25) is 0 Å². The van der Waals surface area contributed by atoms with Gasteiger partial charge in [0.1, 0.15) is 0 Å². The van der Waals surface area contributed by atoms with Crippen molar-refractivity contribution in [1.29, 1.82) is 0 Å². The van der Waals surface area contributed by atoms with Crippen LogP contribution in [-0.2, 0) is 6.42 Å². The zero-order valence-corrected chi connectivity index (χ0v) is 20.6. The summed E-state index contributed by atoms with van der Waals surface area (Å²) in [5.41, 5.74) is 0.889. The summed E-state index contributed by atoms with van der Waals surface area (Å²) < 4.78 is 4.69. The first-order chi connectivity index (χ1) is 15.3. The van der Waals surface area contributed by atoms with Crippen LogP contribution in [0.1, 0.15) is 97.7 Å². The number of hydrogen-bond acceptors (Lipinski definition) is 4. The van der Waals surface area contributed by atoms with Crippen LogP contribution in [0.3, 0.4) is 0 Å². The fraction of sp³-hybridized carbons (Fsp3) is 0.926. The maximum absolute atomic E-state index is 11.3. The summed E-state index contributed by atoms with van der Waals surface area (Å²) in [5.74, 6) is 5.77. The van der Waals surface area contributed by atoms with Gasteiger partial charge in [0.25, 0.3) is 0 Å². The lowest BCUT2D eigenvalue weighted by Gasteiger charge is -2.63. The number of aliphatic hydroxyl groups excluding tert-OH is 1. The second-order valence-electron chi connectivity index (χ2n) is 12.6. The molecule has 0 amide bonds. The number of aliphatic hydroxyl groups is 1. The molecule has 4 fully saturated rings. The van der Waals surface area contributed by atoms with E-state index in [0.717, 1.165) is 61.2 Å². The van der Waals surface area contributed by atoms with Crippen molar-refractivity contribution in [2.45, 2.75) is 104 Å². The highest BCUT2D eigenvalue weighted by atomic mass is 16.5. The molecule has 5 rings (SSSR count). The van der Waals surface area contributed by atoms with Crippen LogP contribution in [-0.4, -0.2) is 21.4 Å². The SMILES string of the molecule is CC[C@H]1CC2C3CCC([C@H](C)CCc4noc(=O)[nH]4)[C@@]3(C)CCC2[C@@]2(C)CC[C@@H](O)C[C@@H]12. The summed E-state index contributed by atoms with van der Waals surface area (Å²) in [7, 11) is 0. The summed E-state index contributed by atoms with van der Waals surface area (Å²) >= 11 is 0. The van der Waals surface area contributed by atoms with Crippen LogP contribution in [0.4, 0.5) is 0 Å². The zero-order chi connectivity index (χ0) is 22.7. The molecular formula is C27H44N2O3. The minimum atomic E-state index is -0.441. The highest BCUT2D eigenvalue weighted by Crippen LogP contribution is 2.69. The van der Waals surface area contributed by atoms with E-state index in [0.29, 0.717) is 22.6 Å². The predicted molar refractivity (Wildman–Crippen MR) is 125 cm³/mol. The summed E-state index contributed by atoms with van der Waals surface area (Å²) in [6.07, 6.45) is 13.3. The Kier molecular flexibility index (Phi) is 5.87. The number of aromatic amines is 1. The first-order valence-corrected chi connectivity index (χ1v) is 13.5. The minimum Gasteiger partial charge on any atom is -0.393 e. The van der Waals surface area contributed by atoms with Gasteiger partial charge < -0.3 is 5.11 Å². The molecule has 5 nitrogen and oxygen atoms in total. The number of aromatic nitrogens is 2. The largest absolute Gasteiger partial charge is 0.438 e. The average molecular weight is 445 g/mol. The lowest BCUT2D eigenvalue weighted by Crippen LogP contribution is -2.56. The lowest BCUT2D eigenvalue weighted by atomic mass is 9.42. The summed E-state index contributed by atoms with van der Waals surface area (Å²) in [5, 5.41) is 14.3. The van der Waals surface area contributed by atoms with E-state index < -0.39 is 5.76 Å². The first kappa shape index (κ1) is 22.7. The van der Waals surface area contributed by atoms with Crippen molar-refractivity contribution in [3.63, 3.8) is 0 Å². The van der Waals surface area contributed by atoms with Gasteiger partial charge >= 0.3 is 5.76 Å². The molecule has 4 unspecified atom stereocenters. The lowest BCUT2D eigenvalue weighted by molar-refractivity contribution is -0.152. The van der Waals surface area contributed by atoms with Crippen molar-refractivity contribution in [3.8, 4) is 0 Å². The standard InChI is InChI=1S/C27H44N2O3/c1-5-17-14-19-21-8-7-20(16(2)6-9-24-28-25(31)32-29-24)26(21,3)13-11-22(19)27(4)12-10-18(30)15-23(17)27/h16-23,30H,5-15H2,1-4H3,(H,28,29,31)/t16-,17+,18-,19?,20?,21?,22?,23+,26-,27-/m1/s1. The van der Waals surface area contributed by atoms with E-state index in [1.165, 1.54) is 44.9 Å². The van der Waals surface area contributed by atoms with E-state index in [4.69, 9.17) is 4.52 Å². The van der Waals surface area contributed by atoms with E-state index in [1.54, 1.807) is 0 Å². The number of nitrogens with zero attached hydrogens (tertiary/aromatic N) is 1. The van der Waals surface area contributed by atoms with Gasteiger partial charge in [-0.2, -0.15) is 0 Å². The molecule has 4 aliphatic carbocycles. The monoisotopic (exact) mass is 444 g/mol. The molecule has 1 aromatic rings. The smallest absolute Gasteiger partial charge is 0.393 e. The molecule has 32 heavy (non-hydrogen) atoms. The van der Waals surface area contributed by atoms with Gasteiger partial charge in [-0.25, -0.2) is 4.79 Å². The predicted octanol–water partition coefficient (Wildman–Crippen LogP) is 5.59. The molecule has 1 heterocycles. The molecular weight excluding hydrogens is 400 g/mol. The number of aryl methyl sites for hydroxylation is 1. The van der Waals surface area contributed by atoms with Crippen molar-refractivity contribution in [1.82, 2.24) is 10.1 Å². The molecule has 4 saturated carbocycles. The summed E-state index contributed by atoms with van der Waals surface area (Å²) in [6.45, 7) is 10.1. The van der Waals surface area contributed by atoms with Crippen molar-refractivity contribution in [2.24, 2.45) is 52.3 Å². The van der Waals surface area contributed by atoms with Gasteiger partial charge in [-0.1, -0.05) is 39.3 Å². The Morgan fingerprint density at radius 2 is 1.84 bits per heavy atom. The Bertz CT molecular complexity index is 863. The molecule has 4 aliphatic rings. The average Bonchev–Trinajstić information content (AvgIpc) is 3.34. The van der Waals surface area contributed by atoms with Gasteiger partial charge in [-0.3, -0.25) is 9.51 Å². The number of hydrogen-bond donors (Lipinski definition) is 2. The van der Waals surface area contributed by atoms with E-state index in [1.807, 2.05) is 0 Å². The third kappa shape index (κ3) is 3.52. The van der Waals surface area contributed by atoms with E-state index in [-0.39, 0.29) is 6.10 Å². The summed E-state index contributed by atoms with van der Waals surface area (Å²) in [6, 6.07) is 0. The Labute approximate surface area is 193 Å². The van der Waals surface area contributed by atoms with Gasteiger partial charge in [-0.05, 0) is 110 Å². The van der Waals surface area contributed by atoms with E-state index in [9.17, 15) is 9.90 Å². The van der Waals surface area contributed by atoms with Gasteiger partial charge in [0, 0.05) is 6.42 Å². The molecule has 0 spiro atoms. The Balaban J connectivity index is 1.33. The van der Waals surface area contributed by atoms with Crippen molar-refractivity contribution >= 4 is 0 Å². The normalized spacial score (nSPS) is 46.8. The van der Waals surface area contributed by atoms with Crippen molar-refractivity contribution in [2.75, 3.05) is 0 Å². The third-order valence-corrected chi connectivity index (χ3v) is 11.4. The van der Waals surface area contributed by atoms with Crippen LogP contribution in [0.25, 0.3) is 0 Å². The molecule has 5 heteroatoms. The molecule has 1 aromatic heterocycles. The van der Waals surface area contributed by atoms with E-state index in [2.05, 4.69) is 37.8 Å². The second kappa shape index (κ2) is 8.29. The highest BCUT2D eigenvalue weighted by molar-refractivity contribution is 5.11. The van der Waals surface area contributed by atoms with Crippen molar-refractivity contribution < 1.29 is 9.63 Å². The minimum absolute atomic E-state index is 0.0658. The van der Waals surface area contributed by atoms with Gasteiger partial charge in [0.15, 0.2) is 5.82 Å². The maximum Gasteiger partial charge on any atom is 0.438 e. The number of H-pyrrole nitrogens is 1. The maximum atomic E-state index is 11.3. The summed E-state index contributed by atoms with van der Waals surface area (Å²) in [4.78, 5) is 14.0. The van der Waals surface area contributed by atoms with Gasteiger partial charge in [-0.15, -0.1) is 0 Å². The fourth-order valence-electron chi connectivity index (χ4n) is 9.84. The Hall–Kier alpha value is -1.10. The quantitative estimate of drug-likeness (QED) is 0.621. The fourth-order valence-corrected chi connectivity index (χ4v) is 9.84. The second-order valence-corrected chi connectivity index (χ2v) is 12.6. The Morgan fingerprint density at radius 3 is 2.56 bits per heavy atom. The molecule has 2 N–H and O–H groups in total. The molecule has 0 aromatic carbocycles. The van der Waals surface area contributed by atoms with E-state index >= 15 is 0 Å². The van der Waals surface area contributed by atoms with Crippen LogP contribution >= 0.6 is 0 Å². The first-order valence-electron chi connectivity index (χ1n) is 13.5. The number of rotatable bonds is 5. The molecule has 0 aliphatic heterocycles. The number of nitrogens with one attached hydrogen (secondary N) is 1. The topological polar surface area (TPSA) is 79.1 Å². The molecule has 10 atom stereocenters. The Morgan fingerprint density at radius 1 is 1.09 bits per heavy atom. The van der Waals surface area contributed by atoms with Crippen LogP contribution < -0.4 is 5.76 Å². The van der Waals surface area contributed by atoms with Crippen molar-refractivity contribution in [3.05, 3.63) is 16.4 Å². The highest BCUT2D eigenvalue weighted by Gasteiger charge is 2.62. The van der Waals surface area contributed by atoms with Gasteiger partial charge in [0.05, 0.1) is 6.10 Å². The molecule has 0 saturated heterocycles. The molecule has 0 bridgehead atoms. The molecule has 180 valence electrons. The molecule has 0 radical (unpaired) electrons. The van der Waals surface area contributed by atoms with Crippen LogP contribution in [0, 0.1) is 52.3 Å².